The second-order valence-corrected chi connectivity index (χ2v) is 8.73. The fourth-order valence-corrected chi connectivity index (χ4v) is 4.74. The van der Waals surface area contributed by atoms with Crippen LogP contribution in [0.15, 0.2) is 47.9 Å². The molecule has 2 aromatic rings. The smallest absolute Gasteiger partial charge is 0.129 e. The monoisotopic (exact) mass is 450 g/mol. The van der Waals surface area contributed by atoms with E-state index in [1.807, 2.05) is 12.1 Å². The summed E-state index contributed by atoms with van der Waals surface area (Å²) in [4.78, 5) is 12.2. The highest BCUT2D eigenvalue weighted by Crippen LogP contribution is 2.38. The molecule has 4 rings (SSSR count). The molecule has 1 aromatic heterocycles. The first-order chi connectivity index (χ1) is 16.0. The molecule has 8 heteroatoms. The Hall–Kier alpha value is -2.97. The van der Waals surface area contributed by atoms with Gasteiger partial charge in [-0.15, -0.1) is 0 Å². The summed E-state index contributed by atoms with van der Waals surface area (Å²) in [7, 11) is 0. The van der Waals surface area contributed by atoms with Crippen molar-refractivity contribution in [1.82, 2.24) is 15.2 Å². The fraction of sp³-hybridized carbons (Fsp3) is 0.440. The van der Waals surface area contributed by atoms with Gasteiger partial charge in [0.1, 0.15) is 12.4 Å². The largest absolute Gasteiger partial charge is 0.394 e. The van der Waals surface area contributed by atoms with E-state index in [0.717, 1.165) is 49.4 Å². The maximum Gasteiger partial charge on any atom is 0.129 e. The van der Waals surface area contributed by atoms with E-state index in [0.29, 0.717) is 36.6 Å². The zero-order valence-electron chi connectivity index (χ0n) is 19.0. The van der Waals surface area contributed by atoms with Crippen molar-refractivity contribution < 1.29 is 9.23 Å². The molecule has 0 bridgehead atoms. The SMILES string of the molecule is CC(=N)C1C(=N)CC(c2ccc(F)cc2-c2cccnc2)CC1=NOCCN1CCNCC1. The van der Waals surface area contributed by atoms with E-state index in [2.05, 4.69) is 20.4 Å². The topological polar surface area (TPSA) is 97.5 Å². The van der Waals surface area contributed by atoms with Crippen molar-refractivity contribution in [3.8, 4) is 11.1 Å². The number of aromatic nitrogens is 1. The fourth-order valence-electron chi connectivity index (χ4n) is 4.74. The Morgan fingerprint density at radius 2 is 2.09 bits per heavy atom. The standard InChI is InChI=1S/C25H31FN6O/c1-17(27)25-23(28)13-19(14-24(25)31-33-12-11-32-9-7-29-8-10-32)21-5-4-20(26)15-22(21)18-3-2-6-30-16-18/h2-6,15-16,19,25,27-29H,7-14H2,1H3. The molecule has 1 aliphatic carbocycles. The number of nitrogens with one attached hydrogen (secondary N) is 3. The molecule has 33 heavy (non-hydrogen) atoms. The zero-order chi connectivity index (χ0) is 23.2. The number of benzene rings is 1. The summed E-state index contributed by atoms with van der Waals surface area (Å²) >= 11 is 0. The van der Waals surface area contributed by atoms with E-state index in [-0.39, 0.29) is 11.7 Å². The van der Waals surface area contributed by atoms with E-state index in [1.54, 1.807) is 25.4 Å². The Bertz CT molecular complexity index is 1020. The van der Waals surface area contributed by atoms with Crippen molar-refractivity contribution in [3.05, 3.63) is 54.1 Å². The van der Waals surface area contributed by atoms with Crippen LogP contribution >= 0.6 is 0 Å². The lowest BCUT2D eigenvalue weighted by atomic mass is 9.73. The van der Waals surface area contributed by atoms with Gasteiger partial charge in [0, 0.05) is 62.1 Å². The Kier molecular flexibility index (Phi) is 7.57. The highest BCUT2D eigenvalue weighted by Gasteiger charge is 2.35. The lowest BCUT2D eigenvalue weighted by molar-refractivity contribution is 0.104. The van der Waals surface area contributed by atoms with Gasteiger partial charge in [0.05, 0.1) is 11.6 Å². The van der Waals surface area contributed by atoms with E-state index < -0.39 is 5.92 Å². The summed E-state index contributed by atoms with van der Waals surface area (Å²) < 4.78 is 14.1. The minimum Gasteiger partial charge on any atom is -0.394 e. The minimum absolute atomic E-state index is 0.0422. The lowest BCUT2D eigenvalue weighted by Gasteiger charge is -2.32. The zero-order valence-corrected chi connectivity index (χ0v) is 19.0. The van der Waals surface area contributed by atoms with Gasteiger partial charge in [-0.1, -0.05) is 17.3 Å². The molecule has 174 valence electrons. The van der Waals surface area contributed by atoms with Crippen LogP contribution in [0, 0.1) is 22.6 Å². The van der Waals surface area contributed by atoms with E-state index >= 15 is 0 Å². The summed E-state index contributed by atoms with van der Waals surface area (Å²) in [5, 5.41) is 24.6. The molecule has 2 unspecified atom stereocenters. The van der Waals surface area contributed by atoms with E-state index in [1.165, 1.54) is 12.1 Å². The van der Waals surface area contributed by atoms with Crippen molar-refractivity contribution in [3.63, 3.8) is 0 Å². The molecule has 0 amide bonds. The molecule has 2 atom stereocenters. The molecule has 0 spiro atoms. The first-order valence-corrected chi connectivity index (χ1v) is 11.5. The Labute approximate surface area is 194 Å². The summed E-state index contributed by atoms with van der Waals surface area (Å²) in [6.07, 6.45) is 4.49. The third-order valence-corrected chi connectivity index (χ3v) is 6.35. The normalized spacial score (nSPS) is 23.0. The minimum atomic E-state index is -0.428. The van der Waals surface area contributed by atoms with Gasteiger partial charge in [-0.2, -0.15) is 0 Å². The molecule has 2 aliphatic rings. The van der Waals surface area contributed by atoms with E-state index in [9.17, 15) is 4.39 Å². The Balaban J connectivity index is 1.55. The number of oxime groups is 1. The summed E-state index contributed by atoms with van der Waals surface area (Å²) in [5.74, 6) is -0.774. The van der Waals surface area contributed by atoms with E-state index in [4.69, 9.17) is 15.7 Å². The van der Waals surface area contributed by atoms with Gasteiger partial charge in [0.15, 0.2) is 0 Å². The highest BCUT2D eigenvalue weighted by atomic mass is 19.1. The molecule has 1 saturated carbocycles. The maximum absolute atomic E-state index is 14.1. The van der Waals surface area contributed by atoms with Crippen LogP contribution in [0.25, 0.3) is 11.1 Å². The third kappa shape index (κ3) is 5.69. The van der Waals surface area contributed by atoms with Crippen LogP contribution in [0.3, 0.4) is 0 Å². The van der Waals surface area contributed by atoms with Crippen molar-refractivity contribution in [2.75, 3.05) is 39.3 Å². The van der Waals surface area contributed by atoms with Gasteiger partial charge in [0.25, 0.3) is 0 Å². The molecule has 3 N–H and O–H groups in total. The number of piperazine rings is 1. The quantitative estimate of drug-likeness (QED) is 0.340. The van der Waals surface area contributed by atoms with Gasteiger partial charge in [0.2, 0.25) is 0 Å². The number of halogens is 1. The molecule has 2 fully saturated rings. The third-order valence-electron chi connectivity index (χ3n) is 6.35. The molecule has 1 saturated heterocycles. The van der Waals surface area contributed by atoms with Crippen molar-refractivity contribution in [1.29, 1.82) is 10.8 Å². The number of nitrogens with zero attached hydrogens (tertiary/aromatic N) is 3. The summed E-state index contributed by atoms with van der Waals surface area (Å²) in [6, 6.07) is 8.55. The predicted octanol–water partition coefficient (Wildman–Crippen LogP) is 3.72. The van der Waals surface area contributed by atoms with Crippen LogP contribution in [0.5, 0.6) is 0 Å². The molecule has 7 nitrogen and oxygen atoms in total. The van der Waals surface area contributed by atoms with Gasteiger partial charge < -0.3 is 21.0 Å². The van der Waals surface area contributed by atoms with Crippen molar-refractivity contribution in [2.45, 2.75) is 25.7 Å². The second kappa shape index (κ2) is 10.8. The molecule has 1 aliphatic heterocycles. The first kappa shape index (κ1) is 23.2. The molecule has 0 radical (unpaired) electrons. The Morgan fingerprint density at radius 1 is 1.27 bits per heavy atom. The molecular weight excluding hydrogens is 419 g/mol. The average Bonchev–Trinajstić information content (AvgIpc) is 2.82. The predicted molar refractivity (Wildman–Crippen MR) is 129 cm³/mol. The summed E-state index contributed by atoms with van der Waals surface area (Å²) in [6.45, 7) is 6.96. The van der Waals surface area contributed by atoms with Crippen LogP contribution in [0.4, 0.5) is 4.39 Å². The van der Waals surface area contributed by atoms with Gasteiger partial charge in [-0.25, -0.2) is 4.39 Å². The molecule has 1 aromatic carbocycles. The van der Waals surface area contributed by atoms with Crippen LogP contribution in [0.1, 0.15) is 31.2 Å². The number of pyridine rings is 1. The number of hydrogen-bond donors (Lipinski definition) is 3. The van der Waals surface area contributed by atoms with Gasteiger partial charge >= 0.3 is 0 Å². The number of rotatable bonds is 7. The van der Waals surface area contributed by atoms with Crippen molar-refractivity contribution >= 4 is 17.1 Å². The molecule has 2 heterocycles. The summed E-state index contributed by atoms with van der Waals surface area (Å²) in [5.41, 5.74) is 4.13. The Morgan fingerprint density at radius 3 is 2.82 bits per heavy atom. The molecular formula is C25H31FN6O. The van der Waals surface area contributed by atoms with Gasteiger partial charge in [-0.3, -0.25) is 9.88 Å². The maximum atomic E-state index is 14.1. The van der Waals surface area contributed by atoms with Crippen LogP contribution in [-0.4, -0.2) is 66.3 Å². The van der Waals surface area contributed by atoms with Gasteiger partial charge in [-0.05, 0) is 55.0 Å². The number of hydrogen-bond acceptors (Lipinski definition) is 7. The van der Waals surface area contributed by atoms with Crippen LogP contribution < -0.4 is 5.32 Å². The van der Waals surface area contributed by atoms with Crippen molar-refractivity contribution in [2.24, 2.45) is 11.1 Å². The second-order valence-electron chi connectivity index (χ2n) is 8.73. The van der Waals surface area contributed by atoms with Crippen LogP contribution in [-0.2, 0) is 4.84 Å². The van der Waals surface area contributed by atoms with Crippen LogP contribution in [0.2, 0.25) is 0 Å². The lowest BCUT2D eigenvalue weighted by Crippen LogP contribution is -2.44. The highest BCUT2D eigenvalue weighted by molar-refractivity contribution is 6.23. The average molecular weight is 451 g/mol. The first-order valence-electron chi connectivity index (χ1n) is 11.5.